The van der Waals surface area contributed by atoms with Crippen molar-refractivity contribution in [2.45, 2.75) is 72.8 Å². The normalized spacial score (nSPS) is 60.0. The molecule has 0 aromatic heterocycles. The Morgan fingerprint density at radius 3 is 2.45 bits per heavy atom. The second-order valence-corrected chi connectivity index (χ2v) is 10.2. The van der Waals surface area contributed by atoms with Crippen LogP contribution in [-0.4, -0.2) is 17.0 Å². The summed E-state index contributed by atoms with van der Waals surface area (Å²) < 4.78 is 0. The third-order valence-electron chi connectivity index (χ3n) is 8.63. The summed E-state index contributed by atoms with van der Waals surface area (Å²) in [6.07, 6.45) is 5.05. The lowest BCUT2D eigenvalue weighted by molar-refractivity contribution is -0.169. The average molecular weight is 304 g/mol. The van der Waals surface area contributed by atoms with Gasteiger partial charge in [-0.25, -0.2) is 0 Å². The van der Waals surface area contributed by atoms with Gasteiger partial charge in [-0.15, -0.1) is 0 Å². The van der Waals surface area contributed by atoms with Gasteiger partial charge in [-0.3, -0.25) is 4.79 Å². The quantitative estimate of drug-likeness (QED) is 0.793. The van der Waals surface area contributed by atoms with Crippen LogP contribution in [0.5, 0.6) is 0 Å². The van der Waals surface area contributed by atoms with Gasteiger partial charge in [-0.2, -0.15) is 0 Å². The molecule has 0 radical (unpaired) electrons. The molecular formula is C20H32O2. The molecule has 0 aromatic rings. The molecule has 2 heteroatoms. The minimum absolute atomic E-state index is 0.0405. The van der Waals surface area contributed by atoms with Crippen molar-refractivity contribution in [1.82, 2.24) is 0 Å². The highest BCUT2D eigenvalue weighted by Gasteiger charge is 2.72. The van der Waals surface area contributed by atoms with Crippen molar-refractivity contribution in [2.75, 3.05) is 0 Å². The summed E-state index contributed by atoms with van der Waals surface area (Å²) in [5.74, 6) is 3.09. The van der Waals surface area contributed by atoms with Crippen LogP contribution in [0.15, 0.2) is 0 Å². The van der Waals surface area contributed by atoms with Gasteiger partial charge in [0.05, 0.1) is 6.10 Å². The number of Topliss-reactive ketones (excluding diaryl/α,β-unsaturated/α-hetero) is 1. The first-order valence-electron chi connectivity index (χ1n) is 9.35. The van der Waals surface area contributed by atoms with Crippen molar-refractivity contribution in [3.63, 3.8) is 0 Å². The van der Waals surface area contributed by atoms with Gasteiger partial charge in [0, 0.05) is 11.8 Å². The predicted octanol–water partition coefficient (Wildman–Crippen LogP) is 4.06. The van der Waals surface area contributed by atoms with Crippen LogP contribution in [0.1, 0.15) is 66.7 Å². The Morgan fingerprint density at radius 1 is 1.14 bits per heavy atom. The zero-order chi connectivity index (χ0) is 16.1. The highest BCUT2D eigenvalue weighted by molar-refractivity contribution is 5.87. The van der Waals surface area contributed by atoms with Crippen molar-refractivity contribution in [2.24, 2.45) is 45.8 Å². The summed E-state index contributed by atoms with van der Waals surface area (Å²) in [6, 6.07) is 0. The number of fused-ring (bicyclic) bond motifs is 4. The third kappa shape index (κ3) is 1.63. The summed E-state index contributed by atoms with van der Waals surface area (Å²) in [5.41, 5.74) is 0.0204. The van der Waals surface area contributed by atoms with Crippen LogP contribution in [0.25, 0.3) is 0 Å². The highest BCUT2D eigenvalue weighted by Crippen LogP contribution is 2.73. The summed E-state index contributed by atoms with van der Waals surface area (Å²) in [4.78, 5) is 13.1. The van der Waals surface area contributed by atoms with Crippen molar-refractivity contribution in [1.29, 1.82) is 0 Å². The Balaban J connectivity index is 1.81. The lowest BCUT2D eigenvalue weighted by atomic mass is 9.46. The summed E-state index contributed by atoms with van der Waals surface area (Å²) in [7, 11) is 0. The molecule has 1 N–H and O–H groups in total. The van der Waals surface area contributed by atoms with Crippen LogP contribution in [0.3, 0.4) is 0 Å². The molecule has 0 amide bonds. The van der Waals surface area contributed by atoms with Crippen molar-refractivity contribution >= 4 is 5.78 Å². The van der Waals surface area contributed by atoms with Gasteiger partial charge in [0.1, 0.15) is 5.78 Å². The van der Waals surface area contributed by atoms with E-state index in [1.54, 1.807) is 0 Å². The standard InChI is InChI=1S/C20H32O2/c1-11(2)13-6-7-19(4)14(21)10-18(3)8-12-9-20(12,5)17(22)16(18)15(13)19/h11-13,15-17,22H,6-10H2,1-5H3. The molecule has 4 saturated carbocycles. The van der Waals surface area contributed by atoms with E-state index in [9.17, 15) is 9.90 Å². The molecule has 0 spiro atoms. The van der Waals surface area contributed by atoms with E-state index in [-0.39, 0.29) is 22.3 Å². The molecule has 0 aromatic carbocycles. The van der Waals surface area contributed by atoms with Crippen molar-refractivity contribution < 1.29 is 9.90 Å². The van der Waals surface area contributed by atoms with Crippen molar-refractivity contribution in [3.05, 3.63) is 0 Å². The van der Waals surface area contributed by atoms with Crippen LogP contribution in [-0.2, 0) is 4.79 Å². The molecule has 124 valence electrons. The number of rotatable bonds is 1. The Bertz CT molecular complexity index is 526. The molecule has 4 rings (SSSR count). The maximum Gasteiger partial charge on any atom is 0.139 e. The van der Waals surface area contributed by atoms with E-state index in [2.05, 4.69) is 34.6 Å². The highest BCUT2D eigenvalue weighted by atomic mass is 16.3. The molecule has 0 saturated heterocycles. The Morgan fingerprint density at radius 2 is 1.82 bits per heavy atom. The van der Waals surface area contributed by atoms with E-state index in [0.29, 0.717) is 41.8 Å². The van der Waals surface area contributed by atoms with Gasteiger partial charge in [0.25, 0.3) is 0 Å². The SMILES string of the molecule is CC(C)C1CCC2(C)C(=O)CC3(C)CC4CC4(C)C(O)C3C12. The average Bonchev–Trinajstić information content (AvgIpc) is 2.91. The minimum Gasteiger partial charge on any atom is -0.392 e. The zero-order valence-electron chi connectivity index (χ0n) is 14.9. The third-order valence-corrected chi connectivity index (χ3v) is 8.63. The summed E-state index contributed by atoms with van der Waals surface area (Å²) in [5, 5.41) is 11.3. The van der Waals surface area contributed by atoms with Gasteiger partial charge in [0.2, 0.25) is 0 Å². The minimum atomic E-state index is -0.201. The molecule has 4 fully saturated rings. The first-order chi connectivity index (χ1) is 10.1. The van der Waals surface area contributed by atoms with E-state index in [4.69, 9.17) is 0 Å². The second kappa shape index (κ2) is 4.18. The monoisotopic (exact) mass is 304 g/mol. The molecule has 4 aliphatic carbocycles. The molecule has 22 heavy (non-hydrogen) atoms. The number of carbonyl (C=O) groups is 1. The molecule has 0 aliphatic heterocycles. The lowest BCUT2D eigenvalue weighted by Gasteiger charge is -2.58. The number of carbonyl (C=O) groups excluding carboxylic acids is 1. The molecule has 4 aliphatic rings. The summed E-state index contributed by atoms with van der Waals surface area (Å²) in [6.45, 7) is 11.4. The second-order valence-electron chi connectivity index (χ2n) is 10.2. The summed E-state index contributed by atoms with van der Waals surface area (Å²) >= 11 is 0. The van der Waals surface area contributed by atoms with E-state index >= 15 is 0 Å². The smallest absolute Gasteiger partial charge is 0.139 e. The molecule has 2 nitrogen and oxygen atoms in total. The fourth-order valence-electron chi connectivity index (χ4n) is 7.04. The number of aliphatic hydroxyl groups excluding tert-OH is 1. The molecule has 8 unspecified atom stereocenters. The predicted molar refractivity (Wildman–Crippen MR) is 87.2 cm³/mol. The van der Waals surface area contributed by atoms with E-state index in [1.165, 1.54) is 12.8 Å². The topological polar surface area (TPSA) is 37.3 Å². The van der Waals surface area contributed by atoms with Crippen LogP contribution in [0.4, 0.5) is 0 Å². The number of hydrogen-bond acceptors (Lipinski definition) is 2. The van der Waals surface area contributed by atoms with Crippen molar-refractivity contribution in [3.8, 4) is 0 Å². The Labute approximate surface area is 135 Å². The first kappa shape index (κ1) is 15.2. The van der Waals surface area contributed by atoms with Gasteiger partial charge in [-0.05, 0) is 66.1 Å². The van der Waals surface area contributed by atoms with E-state index < -0.39 is 0 Å². The zero-order valence-corrected chi connectivity index (χ0v) is 14.9. The van der Waals surface area contributed by atoms with Crippen LogP contribution >= 0.6 is 0 Å². The van der Waals surface area contributed by atoms with Gasteiger partial charge in [0.15, 0.2) is 0 Å². The fourth-order valence-corrected chi connectivity index (χ4v) is 7.04. The van der Waals surface area contributed by atoms with Gasteiger partial charge < -0.3 is 5.11 Å². The molecule has 0 heterocycles. The van der Waals surface area contributed by atoms with Gasteiger partial charge >= 0.3 is 0 Å². The first-order valence-corrected chi connectivity index (χ1v) is 9.35. The van der Waals surface area contributed by atoms with Gasteiger partial charge in [-0.1, -0.05) is 34.6 Å². The van der Waals surface area contributed by atoms with Crippen LogP contribution in [0.2, 0.25) is 0 Å². The largest absolute Gasteiger partial charge is 0.392 e. The Kier molecular flexibility index (Phi) is 2.88. The van der Waals surface area contributed by atoms with Crippen LogP contribution < -0.4 is 0 Å². The number of ketones is 1. The number of hydrogen-bond donors (Lipinski definition) is 1. The van der Waals surface area contributed by atoms with E-state index in [0.717, 1.165) is 12.8 Å². The lowest BCUT2D eigenvalue weighted by Crippen LogP contribution is -2.59. The van der Waals surface area contributed by atoms with E-state index in [1.807, 2.05) is 0 Å². The Hall–Kier alpha value is -0.370. The fraction of sp³-hybridized carbons (Fsp3) is 0.950. The maximum absolute atomic E-state index is 13.1. The molecule has 8 atom stereocenters. The maximum atomic E-state index is 13.1. The number of aliphatic hydroxyl groups is 1. The van der Waals surface area contributed by atoms with Crippen LogP contribution in [0, 0.1) is 45.8 Å². The molecule has 0 bridgehead atoms. The molecular weight excluding hydrogens is 272 g/mol.